The Morgan fingerprint density at radius 2 is 1.71 bits per heavy atom. The molecule has 0 saturated carbocycles. The standard InChI is InChI=1S/C23H20N4O/c28-23(25-15-13-18-10-6-7-14-24-18)20-12-5-4-11-19(20)22-16-21(26-27-22)17-8-2-1-3-9-17/h1-12,14,16H,13,15H2,(H,25,28)(H,26,27). The lowest BCUT2D eigenvalue weighted by Crippen LogP contribution is -2.26. The van der Waals surface area contributed by atoms with E-state index in [0.717, 1.165) is 28.2 Å². The van der Waals surface area contributed by atoms with Gasteiger partial charge in [0, 0.05) is 41.5 Å². The number of benzene rings is 2. The zero-order valence-corrected chi connectivity index (χ0v) is 15.3. The molecule has 4 aromatic rings. The lowest BCUT2D eigenvalue weighted by molar-refractivity contribution is 0.0954. The molecule has 2 heterocycles. The van der Waals surface area contributed by atoms with E-state index in [4.69, 9.17) is 0 Å². The Morgan fingerprint density at radius 3 is 2.54 bits per heavy atom. The molecule has 2 aromatic heterocycles. The van der Waals surface area contributed by atoms with Gasteiger partial charge in [-0.25, -0.2) is 0 Å². The lowest BCUT2D eigenvalue weighted by Gasteiger charge is -2.09. The van der Waals surface area contributed by atoms with Crippen molar-refractivity contribution in [1.29, 1.82) is 0 Å². The fourth-order valence-electron chi connectivity index (χ4n) is 3.08. The number of aromatic amines is 1. The first-order valence-corrected chi connectivity index (χ1v) is 9.19. The second kappa shape index (κ2) is 8.31. The average molecular weight is 368 g/mol. The summed E-state index contributed by atoms with van der Waals surface area (Å²) in [4.78, 5) is 17.0. The summed E-state index contributed by atoms with van der Waals surface area (Å²) in [6, 6.07) is 25.2. The largest absolute Gasteiger partial charge is 0.352 e. The van der Waals surface area contributed by atoms with Gasteiger partial charge in [0.15, 0.2) is 0 Å². The summed E-state index contributed by atoms with van der Waals surface area (Å²) in [5, 5.41) is 10.4. The van der Waals surface area contributed by atoms with Crippen LogP contribution in [0.3, 0.4) is 0 Å². The minimum atomic E-state index is -0.109. The van der Waals surface area contributed by atoms with E-state index in [-0.39, 0.29) is 5.91 Å². The van der Waals surface area contributed by atoms with E-state index < -0.39 is 0 Å². The van der Waals surface area contributed by atoms with Gasteiger partial charge < -0.3 is 5.32 Å². The molecule has 0 atom stereocenters. The van der Waals surface area contributed by atoms with E-state index in [0.29, 0.717) is 18.5 Å². The smallest absolute Gasteiger partial charge is 0.251 e. The van der Waals surface area contributed by atoms with Crippen LogP contribution in [0.2, 0.25) is 0 Å². The highest BCUT2D eigenvalue weighted by Crippen LogP contribution is 2.26. The number of H-pyrrole nitrogens is 1. The molecular weight excluding hydrogens is 348 g/mol. The molecule has 5 nitrogen and oxygen atoms in total. The van der Waals surface area contributed by atoms with Crippen LogP contribution in [0.5, 0.6) is 0 Å². The molecule has 0 saturated heterocycles. The lowest BCUT2D eigenvalue weighted by atomic mass is 10.0. The molecule has 2 aromatic carbocycles. The Bertz CT molecular complexity index is 1060. The second-order valence-electron chi connectivity index (χ2n) is 6.41. The molecule has 0 bridgehead atoms. The molecule has 1 amide bonds. The van der Waals surface area contributed by atoms with E-state index in [1.54, 1.807) is 6.20 Å². The van der Waals surface area contributed by atoms with Crippen molar-refractivity contribution in [1.82, 2.24) is 20.5 Å². The van der Waals surface area contributed by atoms with Crippen LogP contribution >= 0.6 is 0 Å². The van der Waals surface area contributed by atoms with Gasteiger partial charge >= 0.3 is 0 Å². The summed E-state index contributed by atoms with van der Waals surface area (Å²) in [5.41, 5.74) is 5.09. The topological polar surface area (TPSA) is 70.7 Å². The van der Waals surface area contributed by atoms with Crippen molar-refractivity contribution in [2.24, 2.45) is 0 Å². The van der Waals surface area contributed by atoms with E-state index in [9.17, 15) is 4.79 Å². The summed E-state index contributed by atoms with van der Waals surface area (Å²) < 4.78 is 0. The second-order valence-corrected chi connectivity index (χ2v) is 6.41. The molecule has 4 rings (SSSR count). The summed E-state index contributed by atoms with van der Waals surface area (Å²) in [6.07, 6.45) is 2.45. The highest BCUT2D eigenvalue weighted by molar-refractivity contribution is 6.00. The van der Waals surface area contributed by atoms with Gasteiger partial charge in [-0.2, -0.15) is 5.10 Å². The molecule has 0 radical (unpaired) electrons. The van der Waals surface area contributed by atoms with Crippen molar-refractivity contribution < 1.29 is 4.79 Å². The van der Waals surface area contributed by atoms with Gasteiger partial charge in [-0.3, -0.25) is 14.9 Å². The van der Waals surface area contributed by atoms with Crippen LogP contribution in [0.4, 0.5) is 0 Å². The van der Waals surface area contributed by atoms with Crippen molar-refractivity contribution >= 4 is 5.91 Å². The third-order valence-corrected chi connectivity index (χ3v) is 4.50. The number of carbonyl (C=O) groups is 1. The average Bonchev–Trinajstić information content (AvgIpc) is 3.25. The number of nitrogens with zero attached hydrogens (tertiary/aromatic N) is 2. The third-order valence-electron chi connectivity index (χ3n) is 4.50. The summed E-state index contributed by atoms with van der Waals surface area (Å²) >= 11 is 0. The van der Waals surface area contributed by atoms with Gasteiger partial charge in [-0.1, -0.05) is 54.6 Å². The van der Waals surface area contributed by atoms with Crippen LogP contribution in [0.1, 0.15) is 16.1 Å². The Morgan fingerprint density at radius 1 is 0.929 bits per heavy atom. The number of pyridine rings is 1. The third kappa shape index (κ3) is 3.99. The fraction of sp³-hybridized carbons (Fsp3) is 0.0870. The maximum Gasteiger partial charge on any atom is 0.251 e. The number of rotatable bonds is 6. The van der Waals surface area contributed by atoms with Crippen molar-refractivity contribution in [3.05, 3.63) is 96.3 Å². The van der Waals surface area contributed by atoms with Crippen LogP contribution in [-0.2, 0) is 6.42 Å². The van der Waals surface area contributed by atoms with Crippen LogP contribution in [-0.4, -0.2) is 27.6 Å². The first kappa shape index (κ1) is 17.7. The first-order chi connectivity index (χ1) is 13.8. The summed E-state index contributed by atoms with van der Waals surface area (Å²) in [7, 11) is 0. The molecule has 0 aliphatic heterocycles. The Kier molecular flexibility index (Phi) is 5.24. The molecule has 2 N–H and O–H groups in total. The Balaban J connectivity index is 1.51. The molecule has 0 fully saturated rings. The molecule has 28 heavy (non-hydrogen) atoms. The fourth-order valence-corrected chi connectivity index (χ4v) is 3.08. The first-order valence-electron chi connectivity index (χ1n) is 9.19. The monoisotopic (exact) mass is 368 g/mol. The number of carbonyl (C=O) groups excluding carboxylic acids is 1. The molecule has 0 spiro atoms. The molecule has 0 aliphatic carbocycles. The number of aromatic nitrogens is 3. The van der Waals surface area contributed by atoms with Crippen LogP contribution in [0, 0.1) is 0 Å². The van der Waals surface area contributed by atoms with Gasteiger partial charge in [-0.05, 0) is 24.3 Å². The van der Waals surface area contributed by atoms with Crippen LogP contribution in [0.15, 0.2) is 85.1 Å². The normalized spacial score (nSPS) is 10.6. The minimum Gasteiger partial charge on any atom is -0.352 e. The molecule has 0 aliphatic rings. The van der Waals surface area contributed by atoms with Crippen molar-refractivity contribution in [2.45, 2.75) is 6.42 Å². The van der Waals surface area contributed by atoms with Crippen molar-refractivity contribution in [3.63, 3.8) is 0 Å². The predicted molar refractivity (Wildman–Crippen MR) is 110 cm³/mol. The predicted octanol–water partition coefficient (Wildman–Crippen LogP) is 4.11. The summed E-state index contributed by atoms with van der Waals surface area (Å²) in [6.45, 7) is 0.530. The number of hydrogen-bond donors (Lipinski definition) is 2. The highest BCUT2D eigenvalue weighted by atomic mass is 16.1. The van der Waals surface area contributed by atoms with Gasteiger partial charge in [0.25, 0.3) is 5.91 Å². The zero-order chi connectivity index (χ0) is 19.2. The van der Waals surface area contributed by atoms with E-state index in [1.807, 2.05) is 78.9 Å². The van der Waals surface area contributed by atoms with Crippen LogP contribution < -0.4 is 5.32 Å². The van der Waals surface area contributed by atoms with Crippen LogP contribution in [0.25, 0.3) is 22.5 Å². The van der Waals surface area contributed by atoms with Gasteiger partial charge in [0.2, 0.25) is 0 Å². The Labute approximate surface area is 163 Å². The number of amides is 1. The maximum atomic E-state index is 12.7. The van der Waals surface area contributed by atoms with Crippen molar-refractivity contribution in [2.75, 3.05) is 6.54 Å². The number of hydrogen-bond acceptors (Lipinski definition) is 3. The highest BCUT2D eigenvalue weighted by Gasteiger charge is 2.14. The maximum absolute atomic E-state index is 12.7. The molecule has 5 heteroatoms. The molecule has 138 valence electrons. The SMILES string of the molecule is O=C(NCCc1ccccn1)c1ccccc1-c1cc(-c2ccccc2)n[nH]1. The van der Waals surface area contributed by atoms with Gasteiger partial charge in [-0.15, -0.1) is 0 Å². The van der Waals surface area contributed by atoms with E-state index >= 15 is 0 Å². The van der Waals surface area contributed by atoms with E-state index in [1.165, 1.54) is 0 Å². The molecular formula is C23H20N4O. The van der Waals surface area contributed by atoms with Crippen molar-refractivity contribution in [3.8, 4) is 22.5 Å². The molecule has 0 unspecified atom stereocenters. The Hall–Kier alpha value is -3.73. The van der Waals surface area contributed by atoms with Gasteiger partial charge in [0.1, 0.15) is 0 Å². The summed E-state index contributed by atoms with van der Waals surface area (Å²) in [5.74, 6) is -0.109. The van der Waals surface area contributed by atoms with Gasteiger partial charge in [0.05, 0.1) is 11.4 Å². The number of nitrogens with one attached hydrogen (secondary N) is 2. The zero-order valence-electron chi connectivity index (χ0n) is 15.3. The van der Waals surface area contributed by atoms with E-state index in [2.05, 4.69) is 20.5 Å². The minimum absolute atomic E-state index is 0.109. The quantitative estimate of drug-likeness (QED) is 0.538.